The van der Waals surface area contributed by atoms with Gasteiger partial charge in [0.1, 0.15) is 13.2 Å². The van der Waals surface area contributed by atoms with Crippen molar-refractivity contribution in [1.82, 2.24) is 0 Å². The van der Waals surface area contributed by atoms with Crippen LogP contribution in [-0.4, -0.2) is 37.2 Å². The zero-order valence-electron chi connectivity index (χ0n) is 51.6. The molecule has 76 heavy (non-hydrogen) atoms. The lowest BCUT2D eigenvalue weighted by molar-refractivity contribution is -0.167. The molecule has 0 heterocycles. The first kappa shape index (κ1) is 73.9. The minimum Gasteiger partial charge on any atom is -0.462 e. The van der Waals surface area contributed by atoms with Gasteiger partial charge in [0.05, 0.1) is 0 Å². The predicted octanol–water partition coefficient (Wildman–Crippen LogP) is 23.4. The third-order valence-electron chi connectivity index (χ3n) is 15.7. The Morgan fingerprint density at radius 3 is 0.724 bits per heavy atom. The van der Waals surface area contributed by atoms with Crippen LogP contribution in [0.15, 0.2) is 24.3 Å². The number of hydrogen-bond acceptors (Lipinski definition) is 6. The number of allylic oxidation sites excluding steroid dienone is 4. The largest absolute Gasteiger partial charge is 0.462 e. The maximum Gasteiger partial charge on any atom is 0.306 e. The molecule has 448 valence electrons. The van der Waals surface area contributed by atoms with Gasteiger partial charge in [-0.3, -0.25) is 14.4 Å². The summed E-state index contributed by atoms with van der Waals surface area (Å²) in [5, 5.41) is 0. The van der Waals surface area contributed by atoms with E-state index in [2.05, 4.69) is 45.1 Å². The van der Waals surface area contributed by atoms with Crippen LogP contribution in [-0.2, 0) is 28.6 Å². The molecule has 0 aliphatic rings. The summed E-state index contributed by atoms with van der Waals surface area (Å²) in [7, 11) is 0. The van der Waals surface area contributed by atoms with Crippen LogP contribution in [0.1, 0.15) is 387 Å². The molecule has 0 aromatic rings. The van der Waals surface area contributed by atoms with E-state index >= 15 is 0 Å². The second kappa shape index (κ2) is 65.4. The third-order valence-corrected chi connectivity index (χ3v) is 15.7. The summed E-state index contributed by atoms with van der Waals surface area (Å²) in [5.74, 6) is -0.834. The molecular formula is C70H132O6. The topological polar surface area (TPSA) is 78.9 Å². The Labute approximate surface area is 474 Å². The molecule has 0 saturated carbocycles. The summed E-state index contributed by atoms with van der Waals surface area (Å²) >= 11 is 0. The van der Waals surface area contributed by atoms with Gasteiger partial charge in [0.2, 0.25) is 0 Å². The van der Waals surface area contributed by atoms with Crippen molar-refractivity contribution in [2.24, 2.45) is 0 Å². The van der Waals surface area contributed by atoms with Gasteiger partial charge in [-0.2, -0.15) is 0 Å². The van der Waals surface area contributed by atoms with Crippen molar-refractivity contribution in [2.75, 3.05) is 13.2 Å². The van der Waals surface area contributed by atoms with Crippen LogP contribution < -0.4 is 0 Å². The first-order chi connectivity index (χ1) is 37.5. The van der Waals surface area contributed by atoms with Gasteiger partial charge in [0, 0.05) is 19.3 Å². The van der Waals surface area contributed by atoms with Gasteiger partial charge < -0.3 is 14.2 Å². The second-order valence-corrected chi connectivity index (χ2v) is 23.5. The maximum absolute atomic E-state index is 12.9. The Morgan fingerprint density at radius 1 is 0.263 bits per heavy atom. The van der Waals surface area contributed by atoms with Crippen LogP contribution in [0.4, 0.5) is 0 Å². The molecule has 6 heteroatoms. The highest BCUT2D eigenvalue weighted by atomic mass is 16.6. The van der Waals surface area contributed by atoms with Gasteiger partial charge in [-0.25, -0.2) is 0 Å². The lowest BCUT2D eigenvalue weighted by Crippen LogP contribution is -2.30. The van der Waals surface area contributed by atoms with E-state index in [0.29, 0.717) is 19.3 Å². The van der Waals surface area contributed by atoms with Crippen LogP contribution in [0.2, 0.25) is 0 Å². The highest BCUT2D eigenvalue weighted by Gasteiger charge is 2.19. The molecule has 0 radical (unpaired) electrons. The zero-order valence-corrected chi connectivity index (χ0v) is 51.6. The maximum atomic E-state index is 12.9. The number of rotatable bonds is 64. The number of carbonyl (C=O) groups excluding carboxylic acids is 3. The fraction of sp³-hybridized carbons (Fsp3) is 0.900. The highest BCUT2D eigenvalue weighted by Crippen LogP contribution is 2.18. The average molecular weight is 1070 g/mol. The minimum absolute atomic E-state index is 0.0648. The summed E-state index contributed by atoms with van der Waals surface area (Å²) in [6, 6.07) is 0. The summed E-state index contributed by atoms with van der Waals surface area (Å²) in [4.78, 5) is 38.4. The van der Waals surface area contributed by atoms with Crippen LogP contribution in [0, 0.1) is 0 Å². The number of carbonyl (C=O) groups is 3. The van der Waals surface area contributed by atoms with Crippen LogP contribution in [0.5, 0.6) is 0 Å². The molecule has 0 aromatic heterocycles. The summed E-state index contributed by atoms with van der Waals surface area (Å²) in [5.41, 5.74) is 0. The van der Waals surface area contributed by atoms with Crippen molar-refractivity contribution in [1.29, 1.82) is 0 Å². The minimum atomic E-state index is -0.768. The van der Waals surface area contributed by atoms with Crippen molar-refractivity contribution < 1.29 is 28.6 Å². The Kier molecular flexibility index (Phi) is 63.6. The molecule has 0 rings (SSSR count). The standard InChI is InChI=1S/C70H132O6/c1-4-7-10-13-16-19-22-25-28-31-33-34-35-36-38-39-42-45-48-51-54-57-60-63-69(72)75-66-67(65-74-68(71)62-59-56-53-50-47-44-41-30-27-24-21-18-15-12-9-6-3)76-70(73)64-61-58-55-52-49-46-43-40-37-32-29-26-23-20-17-14-11-8-5-2/h22,25,31,33,67H,4-21,23-24,26-30,32,34-66H2,1-3H3/b25-22-,33-31-. The molecule has 0 aromatic carbocycles. The predicted molar refractivity (Wildman–Crippen MR) is 330 cm³/mol. The number of hydrogen-bond donors (Lipinski definition) is 0. The second-order valence-electron chi connectivity index (χ2n) is 23.5. The normalized spacial score (nSPS) is 12.1. The van der Waals surface area contributed by atoms with Crippen LogP contribution in [0.25, 0.3) is 0 Å². The Hall–Kier alpha value is -2.11. The molecule has 0 N–H and O–H groups in total. The SMILES string of the molecule is CCCCCCC/C=C\C/C=C\CCCCCCCCCCCCCC(=O)OCC(COC(=O)CCCCCCCCCCCCCCCCCC)OC(=O)CCCCCCCCCCCCCCCCCCCCC. The molecule has 1 atom stereocenters. The number of unbranched alkanes of at least 4 members (excludes halogenated alkanes) is 49. The fourth-order valence-corrected chi connectivity index (χ4v) is 10.5. The molecule has 0 aliphatic heterocycles. The first-order valence-corrected chi connectivity index (χ1v) is 34.3. The lowest BCUT2D eigenvalue weighted by atomic mass is 10.0. The molecule has 0 bridgehead atoms. The highest BCUT2D eigenvalue weighted by molar-refractivity contribution is 5.71. The molecule has 0 fully saturated rings. The molecule has 0 spiro atoms. The summed E-state index contributed by atoms with van der Waals surface area (Å²) < 4.78 is 17.0. The van der Waals surface area contributed by atoms with Crippen LogP contribution >= 0.6 is 0 Å². The van der Waals surface area contributed by atoms with Crippen molar-refractivity contribution in [3.8, 4) is 0 Å². The van der Waals surface area contributed by atoms with E-state index in [1.165, 1.54) is 283 Å². The number of ether oxygens (including phenoxy) is 3. The third kappa shape index (κ3) is 62.7. The lowest BCUT2D eigenvalue weighted by Gasteiger charge is -2.18. The van der Waals surface area contributed by atoms with Crippen molar-refractivity contribution >= 4 is 17.9 Å². The van der Waals surface area contributed by atoms with Crippen molar-refractivity contribution in [2.45, 2.75) is 393 Å². The summed E-state index contributed by atoms with van der Waals surface area (Å²) in [6.07, 6.45) is 79.0. The van der Waals surface area contributed by atoms with Gasteiger partial charge in [0.15, 0.2) is 6.10 Å². The quantitative estimate of drug-likeness (QED) is 0.0261. The summed E-state index contributed by atoms with van der Waals surface area (Å²) in [6.45, 7) is 6.71. The molecule has 0 saturated heterocycles. The molecule has 1 unspecified atom stereocenters. The van der Waals surface area contributed by atoms with Gasteiger partial charge in [-0.05, 0) is 51.4 Å². The molecular weight excluding hydrogens is 937 g/mol. The van der Waals surface area contributed by atoms with E-state index in [1.807, 2.05) is 0 Å². The van der Waals surface area contributed by atoms with E-state index in [0.717, 1.165) is 64.2 Å². The van der Waals surface area contributed by atoms with E-state index < -0.39 is 6.10 Å². The van der Waals surface area contributed by atoms with Gasteiger partial charge in [0.25, 0.3) is 0 Å². The Morgan fingerprint density at radius 2 is 0.474 bits per heavy atom. The monoisotopic (exact) mass is 1070 g/mol. The van der Waals surface area contributed by atoms with E-state index in [1.54, 1.807) is 0 Å². The Balaban J connectivity index is 4.28. The van der Waals surface area contributed by atoms with Gasteiger partial charge >= 0.3 is 17.9 Å². The van der Waals surface area contributed by atoms with E-state index in [9.17, 15) is 14.4 Å². The molecule has 0 aliphatic carbocycles. The van der Waals surface area contributed by atoms with Gasteiger partial charge in [-0.15, -0.1) is 0 Å². The van der Waals surface area contributed by atoms with Crippen molar-refractivity contribution in [3.63, 3.8) is 0 Å². The first-order valence-electron chi connectivity index (χ1n) is 34.3. The van der Waals surface area contributed by atoms with Crippen molar-refractivity contribution in [3.05, 3.63) is 24.3 Å². The number of esters is 3. The molecule has 6 nitrogen and oxygen atoms in total. The average Bonchev–Trinajstić information content (AvgIpc) is 3.42. The molecule has 0 amide bonds. The van der Waals surface area contributed by atoms with Gasteiger partial charge in [-0.1, -0.05) is 340 Å². The zero-order chi connectivity index (χ0) is 55.0. The van der Waals surface area contributed by atoms with Crippen LogP contribution in [0.3, 0.4) is 0 Å². The van der Waals surface area contributed by atoms with E-state index in [-0.39, 0.29) is 31.1 Å². The Bertz CT molecular complexity index is 1230. The fourth-order valence-electron chi connectivity index (χ4n) is 10.5. The van der Waals surface area contributed by atoms with E-state index in [4.69, 9.17) is 14.2 Å². The smallest absolute Gasteiger partial charge is 0.306 e.